The lowest BCUT2D eigenvalue weighted by Gasteiger charge is -2.06. The van der Waals surface area contributed by atoms with Gasteiger partial charge in [0.25, 0.3) is 0 Å². The van der Waals surface area contributed by atoms with Crippen LogP contribution in [0.15, 0.2) is 16.6 Å². The maximum Gasteiger partial charge on any atom is 0.124 e. The molecule has 0 heterocycles. The van der Waals surface area contributed by atoms with Crippen molar-refractivity contribution < 1.29 is 4.74 Å². The van der Waals surface area contributed by atoms with E-state index in [0.717, 1.165) is 15.8 Å². The zero-order valence-electron chi connectivity index (χ0n) is 6.89. The third-order valence-corrected chi connectivity index (χ3v) is 2.47. The Morgan fingerprint density at radius 3 is 2.67 bits per heavy atom. The number of ether oxygens (including phenoxy) is 1. The quantitative estimate of drug-likeness (QED) is 0.737. The van der Waals surface area contributed by atoms with Crippen LogP contribution >= 0.6 is 15.9 Å². The summed E-state index contributed by atoms with van der Waals surface area (Å²) < 4.78 is 5.99. The normalized spacial score (nSPS) is 9.17. The minimum atomic E-state index is 0.601. The number of benzene rings is 1. The Balaban J connectivity index is 3.31. The molecule has 0 aliphatic carbocycles. The summed E-state index contributed by atoms with van der Waals surface area (Å²) >= 11 is 3.35. The van der Waals surface area contributed by atoms with Crippen molar-refractivity contribution in [3.63, 3.8) is 0 Å². The Morgan fingerprint density at radius 2 is 2.17 bits per heavy atom. The van der Waals surface area contributed by atoms with Crippen molar-refractivity contribution in [2.45, 2.75) is 6.92 Å². The first-order valence-electron chi connectivity index (χ1n) is 3.43. The van der Waals surface area contributed by atoms with E-state index in [2.05, 4.69) is 22.0 Å². The van der Waals surface area contributed by atoms with Crippen LogP contribution in [0.4, 0.5) is 0 Å². The van der Waals surface area contributed by atoms with Crippen LogP contribution in [0.5, 0.6) is 5.75 Å². The van der Waals surface area contributed by atoms with E-state index in [9.17, 15) is 0 Å². The van der Waals surface area contributed by atoms with Gasteiger partial charge in [-0.05, 0) is 19.1 Å². The minimum absolute atomic E-state index is 0.601. The van der Waals surface area contributed by atoms with Gasteiger partial charge in [0.05, 0.1) is 18.7 Å². The molecule has 0 atom stereocenters. The molecule has 1 rings (SSSR count). The van der Waals surface area contributed by atoms with Gasteiger partial charge in [0, 0.05) is 10.0 Å². The fourth-order valence-corrected chi connectivity index (χ4v) is 1.37. The van der Waals surface area contributed by atoms with Crippen LogP contribution in [0, 0.1) is 18.3 Å². The number of nitrogens with zero attached hydrogens (tertiary/aromatic N) is 1. The molecule has 0 saturated carbocycles. The molecule has 0 fully saturated rings. The van der Waals surface area contributed by atoms with Crippen LogP contribution in [0.1, 0.15) is 11.1 Å². The zero-order chi connectivity index (χ0) is 9.14. The van der Waals surface area contributed by atoms with Crippen LogP contribution in [-0.4, -0.2) is 7.11 Å². The highest BCUT2D eigenvalue weighted by Gasteiger charge is 2.04. The van der Waals surface area contributed by atoms with Gasteiger partial charge in [-0.1, -0.05) is 15.9 Å². The fourth-order valence-electron chi connectivity index (χ4n) is 0.930. The third kappa shape index (κ3) is 1.59. The molecule has 0 unspecified atom stereocenters. The fraction of sp³-hybridized carbons (Fsp3) is 0.222. The summed E-state index contributed by atoms with van der Waals surface area (Å²) in [5.74, 6) is 0.737. The van der Waals surface area contributed by atoms with Crippen LogP contribution in [-0.2, 0) is 0 Å². The highest BCUT2D eigenvalue weighted by atomic mass is 79.9. The Bertz CT molecular complexity index is 341. The second-order valence-corrected chi connectivity index (χ2v) is 3.25. The molecule has 0 amide bonds. The predicted octanol–water partition coefficient (Wildman–Crippen LogP) is 2.64. The molecular formula is C9H8BrNO. The number of rotatable bonds is 1. The van der Waals surface area contributed by atoms with Crippen molar-refractivity contribution in [3.05, 3.63) is 27.7 Å². The van der Waals surface area contributed by atoms with Crippen molar-refractivity contribution in [3.8, 4) is 11.8 Å². The number of hydrogen-bond acceptors (Lipinski definition) is 2. The molecule has 1 aromatic carbocycles. The van der Waals surface area contributed by atoms with E-state index in [1.54, 1.807) is 19.2 Å². The van der Waals surface area contributed by atoms with Crippen molar-refractivity contribution in [2.75, 3.05) is 7.11 Å². The summed E-state index contributed by atoms with van der Waals surface area (Å²) in [6.45, 7) is 1.93. The first-order chi connectivity index (χ1) is 5.69. The highest BCUT2D eigenvalue weighted by molar-refractivity contribution is 9.10. The Morgan fingerprint density at radius 1 is 1.50 bits per heavy atom. The zero-order valence-corrected chi connectivity index (χ0v) is 8.47. The largest absolute Gasteiger partial charge is 0.496 e. The van der Waals surface area contributed by atoms with Gasteiger partial charge in [-0.3, -0.25) is 0 Å². The molecule has 12 heavy (non-hydrogen) atoms. The topological polar surface area (TPSA) is 33.0 Å². The molecule has 0 N–H and O–H groups in total. The summed E-state index contributed by atoms with van der Waals surface area (Å²) in [6, 6.07) is 5.56. The molecular weight excluding hydrogens is 218 g/mol. The van der Waals surface area contributed by atoms with Crippen LogP contribution in [0.3, 0.4) is 0 Å². The molecule has 0 bridgehead atoms. The lowest BCUT2D eigenvalue weighted by molar-refractivity contribution is 0.411. The average molecular weight is 226 g/mol. The van der Waals surface area contributed by atoms with E-state index in [4.69, 9.17) is 10.00 Å². The van der Waals surface area contributed by atoms with Crippen LogP contribution in [0.25, 0.3) is 0 Å². The summed E-state index contributed by atoms with van der Waals surface area (Å²) in [4.78, 5) is 0. The smallest absolute Gasteiger partial charge is 0.124 e. The Labute approximate surface area is 79.9 Å². The van der Waals surface area contributed by atoms with Gasteiger partial charge in [-0.2, -0.15) is 5.26 Å². The third-order valence-electron chi connectivity index (χ3n) is 1.65. The molecule has 3 heteroatoms. The second kappa shape index (κ2) is 3.59. The summed E-state index contributed by atoms with van der Waals surface area (Å²) in [5.41, 5.74) is 1.61. The molecule has 0 aliphatic heterocycles. The number of halogens is 1. The van der Waals surface area contributed by atoms with E-state index < -0.39 is 0 Å². The van der Waals surface area contributed by atoms with Gasteiger partial charge in [0.2, 0.25) is 0 Å². The maximum absolute atomic E-state index is 8.65. The van der Waals surface area contributed by atoms with Gasteiger partial charge < -0.3 is 4.74 Å². The lowest BCUT2D eigenvalue weighted by atomic mass is 10.1. The number of methoxy groups -OCH3 is 1. The molecule has 0 aliphatic rings. The van der Waals surface area contributed by atoms with Gasteiger partial charge in [-0.25, -0.2) is 0 Å². The molecule has 1 aromatic rings. The van der Waals surface area contributed by atoms with E-state index in [1.807, 2.05) is 6.92 Å². The Hall–Kier alpha value is -1.01. The van der Waals surface area contributed by atoms with E-state index in [0.29, 0.717) is 5.56 Å². The average Bonchev–Trinajstić information content (AvgIpc) is 2.09. The van der Waals surface area contributed by atoms with Crippen molar-refractivity contribution in [2.24, 2.45) is 0 Å². The Kier molecular flexibility index (Phi) is 2.72. The van der Waals surface area contributed by atoms with E-state index in [-0.39, 0.29) is 0 Å². The summed E-state index contributed by atoms with van der Waals surface area (Å²) in [5, 5.41) is 8.65. The maximum atomic E-state index is 8.65. The predicted molar refractivity (Wildman–Crippen MR) is 50.1 cm³/mol. The number of nitriles is 1. The first-order valence-corrected chi connectivity index (χ1v) is 4.22. The molecule has 0 spiro atoms. The van der Waals surface area contributed by atoms with Crippen molar-refractivity contribution >= 4 is 15.9 Å². The molecule has 0 saturated heterocycles. The summed E-state index contributed by atoms with van der Waals surface area (Å²) in [6.07, 6.45) is 0. The van der Waals surface area contributed by atoms with Gasteiger partial charge in [0.15, 0.2) is 0 Å². The second-order valence-electron chi connectivity index (χ2n) is 2.40. The lowest BCUT2D eigenvalue weighted by Crippen LogP contribution is -1.89. The highest BCUT2D eigenvalue weighted by Crippen LogP contribution is 2.27. The van der Waals surface area contributed by atoms with Gasteiger partial charge in [0.1, 0.15) is 5.75 Å². The molecule has 62 valence electrons. The first kappa shape index (κ1) is 9.08. The molecule has 0 radical (unpaired) electrons. The molecule has 0 aromatic heterocycles. The van der Waals surface area contributed by atoms with Crippen LogP contribution < -0.4 is 4.74 Å². The minimum Gasteiger partial charge on any atom is -0.496 e. The standard InChI is InChI=1S/C9H8BrNO/c1-6-8(10)3-7(5-11)4-9(6)12-2/h3-4H,1-2H3. The van der Waals surface area contributed by atoms with Crippen LogP contribution in [0.2, 0.25) is 0 Å². The SMILES string of the molecule is COc1cc(C#N)cc(Br)c1C. The van der Waals surface area contributed by atoms with E-state index in [1.165, 1.54) is 0 Å². The monoisotopic (exact) mass is 225 g/mol. The number of hydrogen-bond donors (Lipinski definition) is 0. The summed E-state index contributed by atoms with van der Waals surface area (Å²) in [7, 11) is 1.59. The molecule has 2 nitrogen and oxygen atoms in total. The van der Waals surface area contributed by atoms with E-state index >= 15 is 0 Å². The van der Waals surface area contributed by atoms with Gasteiger partial charge >= 0.3 is 0 Å². The van der Waals surface area contributed by atoms with Crippen molar-refractivity contribution in [1.29, 1.82) is 5.26 Å². The van der Waals surface area contributed by atoms with Crippen molar-refractivity contribution in [1.82, 2.24) is 0 Å². The van der Waals surface area contributed by atoms with Gasteiger partial charge in [-0.15, -0.1) is 0 Å².